The molecule has 0 amide bonds. The molecule has 0 aromatic heterocycles. The molecule has 0 heterocycles. The smallest absolute Gasteiger partial charge is 0.159 e. The monoisotopic (exact) mass is 159 g/mol. The summed E-state index contributed by atoms with van der Waals surface area (Å²) in [6, 6.07) is 11.2. The maximum Gasteiger partial charge on any atom is 0.159 e. The van der Waals surface area contributed by atoms with Gasteiger partial charge in [0.15, 0.2) is 6.10 Å². The molecule has 1 N–H and O–H groups in total. The minimum atomic E-state index is -1.01. The van der Waals surface area contributed by atoms with Gasteiger partial charge in [0.2, 0.25) is 0 Å². The van der Waals surface area contributed by atoms with E-state index in [1.54, 1.807) is 12.1 Å². The highest BCUT2D eigenvalue weighted by Crippen LogP contribution is 2.01. The number of aliphatic hydroxyl groups excluding tert-OH is 1. The highest BCUT2D eigenvalue weighted by Gasteiger charge is 1.91. The van der Waals surface area contributed by atoms with E-state index in [9.17, 15) is 0 Å². The van der Waals surface area contributed by atoms with Crippen LogP contribution in [-0.2, 0) is 0 Å². The van der Waals surface area contributed by atoms with Gasteiger partial charge in [-0.15, -0.1) is 0 Å². The van der Waals surface area contributed by atoms with Gasteiger partial charge < -0.3 is 5.11 Å². The van der Waals surface area contributed by atoms with Crippen LogP contribution in [0.4, 0.5) is 0 Å². The molecule has 2 nitrogen and oxygen atoms in total. The van der Waals surface area contributed by atoms with Crippen molar-refractivity contribution in [1.29, 1.82) is 5.26 Å². The molecule has 2 heteroatoms. The van der Waals surface area contributed by atoms with Crippen LogP contribution in [-0.4, -0.2) is 11.2 Å². The normalized spacial score (nSPS) is 12.7. The largest absolute Gasteiger partial charge is 0.374 e. The average molecular weight is 159 g/mol. The molecule has 0 aliphatic carbocycles. The maximum atomic E-state index is 8.87. The van der Waals surface area contributed by atoms with Gasteiger partial charge in [-0.05, 0) is 11.6 Å². The average Bonchev–Trinajstić information content (AvgIpc) is 2.16. The van der Waals surface area contributed by atoms with Gasteiger partial charge in [0, 0.05) is 0 Å². The quantitative estimate of drug-likeness (QED) is 0.666. The summed E-state index contributed by atoms with van der Waals surface area (Å²) in [5.41, 5.74) is 0.979. The van der Waals surface area contributed by atoms with Gasteiger partial charge in [-0.2, -0.15) is 5.26 Å². The van der Waals surface area contributed by atoms with Crippen LogP contribution in [0.2, 0.25) is 0 Å². The van der Waals surface area contributed by atoms with E-state index in [-0.39, 0.29) is 0 Å². The first-order chi connectivity index (χ1) is 5.83. The third kappa shape index (κ3) is 2.57. The second-order valence-electron chi connectivity index (χ2n) is 2.34. The van der Waals surface area contributed by atoms with Crippen LogP contribution in [0.1, 0.15) is 5.56 Å². The van der Waals surface area contributed by atoms with Crippen LogP contribution in [0.15, 0.2) is 36.4 Å². The second-order valence-corrected chi connectivity index (χ2v) is 2.34. The molecule has 0 radical (unpaired) electrons. The number of nitrogens with zero attached hydrogens (tertiary/aromatic N) is 1. The van der Waals surface area contributed by atoms with Crippen molar-refractivity contribution in [3.05, 3.63) is 42.0 Å². The van der Waals surface area contributed by atoms with Gasteiger partial charge in [-0.25, -0.2) is 0 Å². The highest BCUT2D eigenvalue weighted by molar-refractivity contribution is 5.49. The summed E-state index contributed by atoms with van der Waals surface area (Å²) in [7, 11) is 0. The van der Waals surface area contributed by atoms with Crippen molar-refractivity contribution >= 4 is 6.08 Å². The van der Waals surface area contributed by atoms with Gasteiger partial charge in [0.25, 0.3) is 0 Å². The summed E-state index contributed by atoms with van der Waals surface area (Å²) in [5.74, 6) is 0. The number of aliphatic hydroxyl groups is 1. The molecule has 1 aromatic carbocycles. The van der Waals surface area contributed by atoms with E-state index in [0.29, 0.717) is 0 Å². The fraction of sp³-hybridized carbons (Fsp3) is 0.100. The zero-order valence-electron chi connectivity index (χ0n) is 6.51. The Morgan fingerprint density at radius 1 is 1.33 bits per heavy atom. The van der Waals surface area contributed by atoms with Crippen molar-refractivity contribution < 1.29 is 5.11 Å². The standard InChI is InChI=1S/C10H9NO/c11-8-10(12)7-6-9-4-2-1-3-5-9/h1-7,10,12H/b7-6+/t10-/m1/s1. The van der Waals surface area contributed by atoms with E-state index in [1.165, 1.54) is 6.08 Å². The summed E-state index contributed by atoms with van der Waals surface area (Å²) in [4.78, 5) is 0. The second kappa shape index (κ2) is 4.32. The molecule has 0 saturated heterocycles. The van der Waals surface area contributed by atoms with Gasteiger partial charge in [-0.1, -0.05) is 36.4 Å². The topological polar surface area (TPSA) is 44.0 Å². The molecular weight excluding hydrogens is 150 g/mol. The fourth-order valence-electron chi connectivity index (χ4n) is 0.809. The molecule has 1 atom stereocenters. The molecule has 0 fully saturated rings. The van der Waals surface area contributed by atoms with Crippen LogP contribution in [0.25, 0.3) is 6.08 Å². The first-order valence-corrected chi connectivity index (χ1v) is 3.64. The summed E-state index contributed by atoms with van der Waals surface area (Å²) in [5, 5.41) is 17.1. The number of benzene rings is 1. The minimum Gasteiger partial charge on any atom is -0.374 e. The molecular formula is C10H9NO. The highest BCUT2D eigenvalue weighted by atomic mass is 16.3. The van der Waals surface area contributed by atoms with Crippen LogP contribution < -0.4 is 0 Å². The van der Waals surface area contributed by atoms with Crippen molar-refractivity contribution in [3.8, 4) is 6.07 Å². The molecule has 0 unspecified atom stereocenters. The number of nitriles is 1. The van der Waals surface area contributed by atoms with Gasteiger partial charge in [-0.3, -0.25) is 0 Å². The summed E-state index contributed by atoms with van der Waals surface area (Å²) >= 11 is 0. The van der Waals surface area contributed by atoms with Crippen molar-refractivity contribution in [2.24, 2.45) is 0 Å². The predicted molar refractivity (Wildman–Crippen MR) is 47.1 cm³/mol. The summed E-state index contributed by atoms with van der Waals surface area (Å²) < 4.78 is 0. The lowest BCUT2D eigenvalue weighted by molar-refractivity contribution is 0.279. The van der Waals surface area contributed by atoms with Gasteiger partial charge in [0.05, 0.1) is 6.07 Å². The Bertz CT molecular complexity index is 297. The van der Waals surface area contributed by atoms with Gasteiger partial charge in [0.1, 0.15) is 0 Å². The van der Waals surface area contributed by atoms with Crippen LogP contribution >= 0.6 is 0 Å². The van der Waals surface area contributed by atoms with Crippen LogP contribution in [0.3, 0.4) is 0 Å². The molecule has 0 bridgehead atoms. The first kappa shape index (κ1) is 8.51. The lowest BCUT2D eigenvalue weighted by Crippen LogP contribution is -1.94. The zero-order chi connectivity index (χ0) is 8.81. The molecule has 0 spiro atoms. The fourth-order valence-corrected chi connectivity index (χ4v) is 0.809. The Hall–Kier alpha value is -1.59. The van der Waals surface area contributed by atoms with Crippen molar-refractivity contribution in [1.82, 2.24) is 0 Å². The van der Waals surface area contributed by atoms with Crippen molar-refractivity contribution in [3.63, 3.8) is 0 Å². The molecule has 0 saturated carbocycles. The predicted octanol–water partition coefficient (Wildman–Crippen LogP) is 1.58. The Morgan fingerprint density at radius 2 is 2.00 bits per heavy atom. The van der Waals surface area contributed by atoms with Gasteiger partial charge >= 0.3 is 0 Å². The first-order valence-electron chi connectivity index (χ1n) is 3.64. The Balaban J connectivity index is 2.65. The summed E-state index contributed by atoms with van der Waals surface area (Å²) in [6.45, 7) is 0. The van der Waals surface area contributed by atoms with E-state index < -0.39 is 6.10 Å². The third-order valence-electron chi connectivity index (χ3n) is 1.40. The van der Waals surface area contributed by atoms with Crippen molar-refractivity contribution in [2.45, 2.75) is 6.10 Å². The van der Waals surface area contributed by atoms with E-state index in [1.807, 2.05) is 30.3 Å². The molecule has 0 aliphatic heterocycles. The Morgan fingerprint density at radius 3 is 2.58 bits per heavy atom. The zero-order valence-corrected chi connectivity index (χ0v) is 6.51. The lowest BCUT2D eigenvalue weighted by Gasteiger charge is -1.92. The third-order valence-corrected chi connectivity index (χ3v) is 1.40. The van der Waals surface area contributed by atoms with Crippen LogP contribution in [0, 0.1) is 11.3 Å². The molecule has 60 valence electrons. The molecule has 0 aliphatic rings. The number of hydrogen-bond acceptors (Lipinski definition) is 2. The van der Waals surface area contributed by atoms with E-state index in [0.717, 1.165) is 5.56 Å². The van der Waals surface area contributed by atoms with E-state index in [2.05, 4.69) is 0 Å². The SMILES string of the molecule is N#C[C@H](O)/C=C/c1ccccc1. The molecule has 12 heavy (non-hydrogen) atoms. The lowest BCUT2D eigenvalue weighted by atomic mass is 10.2. The van der Waals surface area contributed by atoms with Crippen LogP contribution in [0.5, 0.6) is 0 Å². The maximum absolute atomic E-state index is 8.87. The Kier molecular flexibility index (Phi) is 3.06. The van der Waals surface area contributed by atoms with E-state index in [4.69, 9.17) is 10.4 Å². The molecule has 1 rings (SSSR count). The minimum absolute atomic E-state index is 0.979. The van der Waals surface area contributed by atoms with E-state index >= 15 is 0 Å². The summed E-state index contributed by atoms with van der Waals surface area (Å²) in [6.07, 6.45) is 2.16. The van der Waals surface area contributed by atoms with Crippen molar-refractivity contribution in [2.75, 3.05) is 0 Å². The Labute approximate surface area is 71.4 Å². The molecule has 1 aromatic rings. The number of rotatable bonds is 2. The number of hydrogen-bond donors (Lipinski definition) is 1.